The van der Waals surface area contributed by atoms with Crippen LogP contribution in [-0.4, -0.2) is 23.1 Å². The molecular weight excluding hydrogens is 376 g/mol. The summed E-state index contributed by atoms with van der Waals surface area (Å²) < 4.78 is 0. The quantitative estimate of drug-likeness (QED) is 0.457. The number of hydrogen-bond acceptors (Lipinski definition) is 4. The van der Waals surface area contributed by atoms with Crippen molar-refractivity contribution in [3.05, 3.63) is 82.9 Å². The highest BCUT2D eigenvalue weighted by Crippen LogP contribution is 2.18. The molecule has 0 atom stereocenters. The zero-order valence-electron chi connectivity index (χ0n) is 16.4. The van der Waals surface area contributed by atoms with E-state index in [0.717, 1.165) is 10.8 Å². The third-order valence-electron chi connectivity index (χ3n) is 4.35. The first-order valence-electron chi connectivity index (χ1n) is 8.86. The lowest BCUT2D eigenvalue weighted by molar-refractivity contribution is 0.100. The van der Waals surface area contributed by atoms with E-state index in [2.05, 4.69) is 0 Å². The summed E-state index contributed by atoms with van der Waals surface area (Å²) in [6.45, 7) is 6.10. The van der Waals surface area contributed by atoms with Gasteiger partial charge in [-0.05, 0) is 50.6 Å². The molecule has 4 nitrogen and oxygen atoms in total. The second-order valence-corrected chi connectivity index (χ2v) is 6.58. The highest BCUT2D eigenvalue weighted by atomic mass is 16.1. The monoisotopic (exact) mass is 406 g/mol. The van der Waals surface area contributed by atoms with Crippen molar-refractivity contribution < 1.29 is 19.2 Å². The molecule has 0 aromatic heterocycles. The van der Waals surface area contributed by atoms with Crippen LogP contribution in [0.25, 0.3) is 10.8 Å². The van der Waals surface area contributed by atoms with Crippen molar-refractivity contribution in [3.8, 4) is 0 Å². The van der Waals surface area contributed by atoms with Crippen LogP contribution in [0.5, 0.6) is 0 Å². The van der Waals surface area contributed by atoms with Gasteiger partial charge in [-0.2, -0.15) is 0 Å². The van der Waals surface area contributed by atoms with Crippen molar-refractivity contribution in [1.29, 1.82) is 0 Å². The Morgan fingerprint density at radius 1 is 0.433 bits per heavy atom. The molecule has 0 bridgehead atoms. The van der Waals surface area contributed by atoms with Gasteiger partial charge in [0.2, 0.25) is 0 Å². The van der Waals surface area contributed by atoms with Gasteiger partial charge in [-0.3, -0.25) is 19.2 Å². The Balaban J connectivity index is 0.000000545. The van der Waals surface area contributed by atoms with Crippen molar-refractivity contribution in [2.24, 2.45) is 0 Å². The molecule has 4 heteroatoms. The molecule has 3 aromatic rings. The van der Waals surface area contributed by atoms with Gasteiger partial charge < -0.3 is 0 Å². The minimum atomic E-state index is 0. The number of carbonyl (C=O) groups is 4. The second-order valence-electron chi connectivity index (χ2n) is 6.58. The summed E-state index contributed by atoms with van der Waals surface area (Å²) in [5.74, 6) is 0.144. The van der Waals surface area contributed by atoms with Crippen LogP contribution >= 0.6 is 0 Å². The number of rotatable bonds is 4. The first kappa shape index (κ1) is 26.6. The average molecular weight is 407 g/mol. The van der Waals surface area contributed by atoms with Gasteiger partial charge in [0.1, 0.15) is 0 Å². The van der Waals surface area contributed by atoms with E-state index in [9.17, 15) is 19.2 Å². The van der Waals surface area contributed by atoms with Gasteiger partial charge in [0.05, 0.1) is 0 Å². The van der Waals surface area contributed by atoms with E-state index in [0.29, 0.717) is 22.3 Å². The maximum Gasteiger partial charge on any atom is 0.159 e. The van der Waals surface area contributed by atoms with Gasteiger partial charge >= 0.3 is 0 Å². The lowest BCUT2D eigenvalue weighted by Crippen LogP contribution is -1.95. The molecular formula is C26H30O4. The van der Waals surface area contributed by atoms with E-state index in [1.54, 1.807) is 50.2 Å². The molecule has 0 aliphatic carbocycles. The average Bonchev–Trinajstić information content (AvgIpc) is 2.67. The first-order chi connectivity index (χ1) is 13.2. The van der Waals surface area contributed by atoms with Crippen LogP contribution in [0.15, 0.2) is 60.7 Å². The Morgan fingerprint density at radius 3 is 0.900 bits per heavy atom. The maximum atomic E-state index is 11.2. The SMILES string of the molecule is C.C.CC(=O)c1ccc(C(C)=O)cc1.CC(=O)c1ccc2cc(C(C)=O)ccc2c1. The number of benzene rings is 3. The predicted molar refractivity (Wildman–Crippen MR) is 124 cm³/mol. The van der Waals surface area contributed by atoms with Crippen LogP contribution < -0.4 is 0 Å². The number of Topliss-reactive ketones (excluding diaryl/α,β-unsaturated/α-hetero) is 4. The summed E-state index contributed by atoms with van der Waals surface area (Å²) in [4.78, 5) is 44.1. The summed E-state index contributed by atoms with van der Waals surface area (Å²) in [6.07, 6.45) is 0. The van der Waals surface area contributed by atoms with E-state index in [4.69, 9.17) is 0 Å². The van der Waals surface area contributed by atoms with Crippen LogP contribution in [0, 0.1) is 0 Å². The fourth-order valence-corrected chi connectivity index (χ4v) is 2.62. The van der Waals surface area contributed by atoms with Gasteiger partial charge in [0.25, 0.3) is 0 Å². The van der Waals surface area contributed by atoms with Crippen LogP contribution in [-0.2, 0) is 0 Å². The minimum absolute atomic E-state index is 0. The van der Waals surface area contributed by atoms with E-state index in [-0.39, 0.29) is 38.0 Å². The fraction of sp³-hybridized carbons (Fsp3) is 0.231. The molecule has 0 spiro atoms. The molecule has 0 saturated heterocycles. The lowest BCUT2D eigenvalue weighted by atomic mass is 10.0. The van der Waals surface area contributed by atoms with Gasteiger partial charge in [-0.25, -0.2) is 0 Å². The Morgan fingerprint density at radius 2 is 0.667 bits per heavy atom. The van der Waals surface area contributed by atoms with Gasteiger partial charge in [0, 0.05) is 22.3 Å². The van der Waals surface area contributed by atoms with Gasteiger partial charge in [-0.15, -0.1) is 0 Å². The lowest BCUT2D eigenvalue weighted by Gasteiger charge is -2.02. The van der Waals surface area contributed by atoms with E-state index in [1.165, 1.54) is 13.8 Å². The summed E-state index contributed by atoms with van der Waals surface area (Å²) in [5, 5.41) is 1.97. The van der Waals surface area contributed by atoms with Crippen LogP contribution in [0.1, 0.15) is 84.0 Å². The molecule has 0 N–H and O–H groups in total. The third kappa shape index (κ3) is 6.89. The Hall–Kier alpha value is -3.40. The normalized spacial score (nSPS) is 9.33. The Bertz CT molecular complexity index is 974. The molecule has 30 heavy (non-hydrogen) atoms. The number of hydrogen-bond donors (Lipinski definition) is 0. The second kappa shape index (κ2) is 11.6. The zero-order chi connectivity index (χ0) is 20.8. The van der Waals surface area contributed by atoms with Crippen LogP contribution in [0.2, 0.25) is 0 Å². The Kier molecular flexibility index (Phi) is 10.3. The van der Waals surface area contributed by atoms with Crippen molar-refractivity contribution in [2.45, 2.75) is 42.5 Å². The topological polar surface area (TPSA) is 68.3 Å². The highest BCUT2D eigenvalue weighted by Gasteiger charge is 2.04. The van der Waals surface area contributed by atoms with Crippen LogP contribution in [0.3, 0.4) is 0 Å². The molecule has 0 fully saturated rings. The molecule has 158 valence electrons. The van der Waals surface area contributed by atoms with Crippen molar-refractivity contribution >= 4 is 33.9 Å². The molecule has 0 radical (unpaired) electrons. The van der Waals surface area contributed by atoms with Crippen molar-refractivity contribution in [2.75, 3.05) is 0 Å². The summed E-state index contributed by atoms with van der Waals surface area (Å²) >= 11 is 0. The number of carbonyl (C=O) groups excluding carboxylic acids is 4. The molecule has 0 amide bonds. The zero-order valence-corrected chi connectivity index (χ0v) is 16.4. The van der Waals surface area contributed by atoms with Crippen molar-refractivity contribution in [3.63, 3.8) is 0 Å². The summed E-state index contributed by atoms with van der Waals surface area (Å²) in [7, 11) is 0. The van der Waals surface area contributed by atoms with E-state index >= 15 is 0 Å². The minimum Gasteiger partial charge on any atom is -0.295 e. The maximum absolute atomic E-state index is 11.2. The number of fused-ring (bicyclic) bond motifs is 1. The molecule has 3 rings (SSSR count). The Labute approximate surface area is 178 Å². The summed E-state index contributed by atoms with van der Waals surface area (Å²) in [6, 6.07) is 17.7. The van der Waals surface area contributed by atoms with E-state index in [1.807, 2.05) is 24.3 Å². The third-order valence-corrected chi connectivity index (χ3v) is 4.35. The van der Waals surface area contributed by atoms with Crippen molar-refractivity contribution in [1.82, 2.24) is 0 Å². The highest BCUT2D eigenvalue weighted by molar-refractivity contribution is 6.01. The largest absolute Gasteiger partial charge is 0.295 e. The number of ketones is 4. The predicted octanol–water partition coefficient (Wildman–Crippen LogP) is 6.61. The van der Waals surface area contributed by atoms with Crippen LogP contribution in [0.4, 0.5) is 0 Å². The molecule has 0 heterocycles. The fourth-order valence-electron chi connectivity index (χ4n) is 2.62. The molecule has 0 saturated carbocycles. The molecule has 0 unspecified atom stereocenters. The molecule has 0 aliphatic rings. The summed E-state index contributed by atoms with van der Waals surface area (Å²) in [5.41, 5.74) is 2.67. The standard InChI is InChI=1S/C14H12O2.C10H10O2.2CH4/c1-9(15)11-3-5-14-8-12(10(2)16)4-6-13(14)7-11;1-7(11)9-3-5-10(6-4-9)8(2)12;;/h3-8H,1-2H3;3-6H,1-2H3;2*1H4. The van der Waals surface area contributed by atoms with Gasteiger partial charge in [0.15, 0.2) is 23.1 Å². The van der Waals surface area contributed by atoms with Gasteiger partial charge in [-0.1, -0.05) is 63.4 Å². The van der Waals surface area contributed by atoms with E-state index < -0.39 is 0 Å². The molecule has 3 aromatic carbocycles. The molecule has 0 aliphatic heterocycles. The smallest absolute Gasteiger partial charge is 0.159 e. The first-order valence-corrected chi connectivity index (χ1v) is 8.86.